The van der Waals surface area contributed by atoms with Gasteiger partial charge in [0.05, 0.1) is 13.2 Å². The minimum absolute atomic E-state index is 0.00356. The molecular weight excluding hydrogens is 444 g/mol. The van der Waals surface area contributed by atoms with Crippen LogP contribution in [-0.4, -0.2) is 44.2 Å². The molecule has 32 heavy (non-hydrogen) atoms. The van der Waals surface area contributed by atoms with E-state index in [-0.39, 0.29) is 29.1 Å². The van der Waals surface area contributed by atoms with E-state index in [2.05, 4.69) is 0 Å². The van der Waals surface area contributed by atoms with Crippen molar-refractivity contribution in [3.05, 3.63) is 82.0 Å². The summed E-state index contributed by atoms with van der Waals surface area (Å²) >= 11 is 1.64. The number of rotatable bonds is 7. The van der Waals surface area contributed by atoms with Gasteiger partial charge in [-0.25, -0.2) is 8.42 Å². The van der Waals surface area contributed by atoms with Gasteiger partial charge in [0, 0.05) is 30.6 Å². The second kappa shape index (κ2) is 9.44. The van der Waals surface area contributed by atoms with Crippen molar-refractivity contribution in [2.24, 2.45) is 0 Å². The highest BCUT2D eigenvalue weighted by Gasteiger charge is 2.33. The van der Waals surface area contributed by atoms with Gasteiger partial charge in [-0.3, -0.25) is 4.79 Å². The lowest BCUT2D eigenvalue weighted by Crippen LogP contribution is -2.31. The fraction of sp³-hybridized carbons (Fsp3) is 0.292. The first-order valence-electron chi connectivity index (χ1n) is 10.4. The molecule has 4 rings (SSSR count). The predicted molar refractivity (Wildman–Crippen MR) is 125 cm³/mol. The van der Waals surface area contributed by atoms with Gasteiger partial charge in [0.25, 0.3) is 5.91 Å². The molecule has 0 saturated carbocycles. The molecule has 6 nitrogen and oxygen atoms in total. The van der Waals surface area contributed by atoms with Gasteiger partial charge in [0.2, 0.25) is 10.0 Å². The van der Waals surface area contributed by atoms with Crippen molar-refractivity contribution in [2.45, 2.75) is 30.3 Å². The number of hydrogen-bond acceptors (Lipinski definition) is 5. The van der Waals surface area contributed by atoms with E-state index in [0.717, 1.165) is 23.3 Å². The lowest BCUT2D eigenvalue weighted by atomic mass is 10.1. The van der Waals surface area contributed by atoms with Crippen LogP contribution >= 0.6 is 11.3 Å². The lowest BCUT2D eigenvalue weighted by Gasteiger charge is -2.25. The summed E-state index contributed by atoms with van der Waals surface area (Å²) < 4.78 is 33.4. The van der Waals surface area contributed by atoms with Crippen LogP contribution in [0.4, 0.5) is 0 Å². The van der Waals surface area contributed by atoms with Crippen molar-refractivity contribution >= 4 is 27.3 Å². The van der Waals surface area contributed by atoms with Crippen molar-refractivity contribution in [3.8, 4) is 5.75 Å². The van der Waals surface area contributed by atoms with Crippen molar-refractivity contribution in [3.63, 3.8) is 0 Å². The van der Waals surface area contributed by atoms with Gasteiger partial charge in [0.1, 0.15) is 10.6 Å². The van der Waals surface area contributed by atoms with Crippen LogP contribution in [0, 0.1) is 0 Å². The third-order valence-corrected chi connectivity index (χ3v) is 8.53. The number of likely N-dealkylation sites (tertiary alicyclic amines) is 1. The van der Waals surface area contributed by atoms with Gasteiger partial charge in [-0.2, -0.15) is 4.31 Å². The number of thiophene rings is 1. The van der Waals surface area contributed by atoms with Crippen LogP contribution in [0.15, 0.2) is 70.9 Å². The summed E-state index contributed by atoms with van der Waals surface area (Å²) in [4.78, 5) is 16.4. The Balaban J connectivity index is 1.64. The van der Waals surface area contributed by atoms with Gasteiger partial charge in [-0.1, -0.05) is 36.4 Å². The molecular formula is C24H26N2O4S2. The smallest absolute Gasteiger partial charge is 0.254 e. The number of ether oxygens (including phenoxy) is 1. The van der Waals surface area contributed by atoms with E-state index in [1.165, 1.54) is 24.5 Å². The van der Waals surface area contributed by atoms with Crippen LogP contribution in [0.25, 0.3) is 0 Å². The number of benzene rings is 2. The molecule has 1 amide bonds. The number of methoxy groups -OCH3 is 1. The van der Waals surface area contributed by atoms with Gasteiger partial charge >= 0.3 is 0 Å². The first-order chi connectivity index (χ1) is 15.4. The van der Waals surface area contributed by atoms with Gasteiger partial charge < -0.3 is 9.64 Å². The summed E-state index contributed by atoms with van der Waals surface area (Å²) in [5.74, 6) is 0.0587. The number of amides is 1. The number of hydrogen-bond donors (Lipinski definition) is 0. The Hall–Kier alpha value is -2.68. The van der Waals surface area contributed by atoms with Crippen molar-refractivity contribution in [2.75, 3.05) is 20.7 Å². The van der Waals surface area contributed by atoms with E-state index < -0.39 is 10.0 Å². The molecule has 0 N–H and O–H groups in total. The van der Waals surface area contributed by atoms with E-state index in [9.17, 15) is 13.2 Å². The molecule has 1 aliphatic rings. The van der Waals surface area contributed by atoms with Crippen LogP contribution in [0.3, 0.4) is 0 Å². The molecule has 0 bridgehead atoms. The summed E-state index contributed by atoms with van der Waals surface area (Å²) in [7, 11) is -0.914. The highest BCUT2D eigenvalue weighted by atomic mass is 32.2. The quantitative estimate of drug-likeness (QED) is 0.508. The Bertz CT molecular complexity index is 1180. The Morgan fingerprint density at radius 1 is 1.16 bits per heavy atom. The third-order valence-electron chi connectivity index (χ3n) is 5.73. The molecule has 1 unspecified atom stereocenters. The average molecular weight is 471 g/mol. The molecule has 0 spiro atoms. The molecule has 0 radical (unpaired) electrons. The van der Waals surface area contributed by atoms with E-state index in [0.29, 0.717) is 12.1 Å². The molecule has 8 heteroatoms. The number of carbonyl (C=O) groups is 1. The maximum Gasteiger partial charge on any atom is 0.254 e. The zero-order valence-corrected chi connectivity index (χ0v) is 19.7. The van der Waals surface area contributed by atoms with Crippen molar-refractivity contribution in [1.29, 1.82) is 0 Å². The zero-order chi connectivity index (χ0) is 22.7. The Labute approximate surface area is 193 Å². The SMILES string of the molecule is COc1ccc(C(=O)N2CCCC2c2cccs2)cc1S(=O)(=O)N(C)Cc1ccccc1. The molecule has 0 aliphatic carbocycles. The van der Waals surface area contributed by atoms with Crippen molar-refractivity contribution in [1.82, 2.24) is 9.21 Å². The number of sulfonamides is 1. The molecule has 1 aromatic heterocycles. The van der Waals surface area contributed by atoms with Gasteiger partial charge in [-0.05, 0) is 48.1 Å². The topological polar surface area (TPSA) is 66.9 Å². The Kier molecular flexibility index (Phi) is 6.64. The lowest BCUT2D eigenvalue weighted by molar-refractivity contribution is 0.0737. The molecule has 3 aromatic rings. The van der Waals surface area contributed by atoms with E-state index in [1.807, 2.05) is 52.7 Å². The normalized spacial score (nSPS) is 16.5. The number of nitrogens with zero attached hydrogens (tertiary/aromatic N) is 2. The molecule has 2 aromatic carbocycles. The zero-order valence-electron chi connectivity index (χ0n) is 18.1. The second-order valence-corrected chi connectivity index (χ2v) is 10.8. The van der Waals surface area contributed by atoms with E-state index in [1.54, 1.807) is 23.5 Å². The first kappa shape index (κ1) is 22.5. The second-order valence-electron chi connectivity index (χ2n) is 7.78. The largest absolute Gasteiger partial charge is 0.495 e. The third kappa shape index (κ3) is 4.44. The minimum Gasteiger partial charge on any atom is -0.495 e. The van der Waals surface area contributed by atoms with Crippen LogP contribution in [0.1, 0.15) is 39.7 Å². The summed E-state index contributed by atoms with van der Waals surface area (Å²) in [6.45, 7) is 0.875. The maximum atomic E-state index is 13.4. The molecule has 1 fully saturated rings. The summed E-state index contributed by atoms with van der Waals surface area (Å²) in [5, 5.41) is 2.01. The fourth-order valence-corrected chi connectivity index (χ4v) is 6.27. The highest BCUT2D eigenvalue weighted by molar-refractivity contribution is 7.89. The molecule has 1 atom stereocenters. The predicted octanol–water partition coefficient (Wildman–Crippen LogP) is 4.55. The van der Waals surface area contributed by atoms with Gasteiger partial charge in [0.15, 0.2) is 0 Å². The summed E-state index contributed by atoms with van der Waals surface area (Å²) in [5.41, 5.74) is 1.22. The van der Waals surface area contributed by atoms with Crippen LogP contribution in [0.2, 0.25) is 0 Å². The Morgan fingerprint density at radius 3 is 2.62 bits per heavy atom. The van der Waals surface area contributed by atoms with Gasteiger partial charge in [-0.15, -0.1) is 11.3 Å². The highest BCUT2D eigenvalue weighted by Crippen LogP contribution is 2.36. The van der Waals surface area contributed by atoms with E-state index >= 15 is 0 Å². The minimum atomic E-state index is -3.88. The van der Waals surface area contributed by atoms with Crippen LogP contribution < -0.4 is 4.74 Å². The standard InChI is InChI=1S/C24H26N2O4S2/c1-25(17-18-8-4-3-5-9-18)32(28,29)23-16-19(12-13-21(23)30-2)24(27)26-14-6-10-20(26)22-11-7-15-31-22/h3-5,7-9,11-13,15-16,20H,6,10,14,17H2,1-2H3. The molecule has 1 aliphatic heterocycles. The first-order valence-corrected chi connectivity index (χ1v) is 12.8. The van der Waals surface area contributed by atoms with Crippen molar-refractivity contribution < 1.29 is 17.9 Å². The molecule has 2 heterocycles. The fourth-order valence-electron chi connectivity index (χ4n) is 4.06. The van der Waals surface area contributed by atoms with E-state index in [4.69, 9.17) is 4.74 Å². The molecule has 1 saturated heterocycles. The average Bonchev–Trinajstić information content (AvgIpc) is 3.50. The maximum absolute atomic E-state index is 13.4. The molecule has 168 valence electrons. The van der Waals surface area contributed by atoms with Crippen LogP contribution in [0.5, 0.6) is 5.75 Å². The Morgan fingerprint density at radius 2 is 1.94 bits per heavy atom. The number of carbonyl (C=O) groups excluding carboxylic acids is 1. The summed E-state index contributed by atoms with van der Waals surface area (Å²) in [6.07, 6.45) is 1.84. The monoisotopic (exact) mass is 470 g/mol. The summed E-state index contributed by atoms with van der Waals surface area (Å²) in [6, 6.07) is 18.1. The van der Waals surface area contributed by atoms with Crippen LogP contribution in [-0.2, 0) is 16.6 Å².